The minimum Gasteiger partial charge on any atom is -0.383 e. The number of anilines is 1. The first kappa shape index (κ1) is 26.0. The van der Waals surface area contributed by atoms with Gasteiger partial charge >= 0.3 is 0 Å². The van der Waals surface area contributed by atoms with Crippen molar-refractivity contribution >= 4 is 35.6 Å². The van der Waals surface area contributed by atoms with Gasteiger partial charge in [0.15, 0.2) is 5.96 Å². The van der Waals surface area contributed by atoms with Gasteiger partial charge in [-0.3, -0.25) is 4.99 Å². The third kappa shape index (κ3) is 9.53. The van der Waals surface area contributed by atoms with Crippen LogP contribution in [-0.2, 0) is 4.74 Å². The quantitative estimate of drug-likeness (QED) is 0.204. The highest BCUT2D eigenvalue weighted by molar-refractivity contribution is 14.0. The number of hydrogen-bond acceptors (Lipinski definition) is 4. The van der Waals surface area contributed by atoms with Crippen LogP contribution in [-0.4, -0.2) is 70.9 Å². The van der Waals surface area contributed by atoms with Crippen molar-refractivity contribution in [3.63, 3.8) is 0 Å². The summed E-state index contributed by atoms with van der Waals surface area (Å²) in [6.07, 6.45) is 3.64. The van der Waals surface area contributed by atoms with E-state index in [9.17, 15) is 0 Å². The van der Waals surface area contributed by atoms with Gasteiger partial charge in [0.2, 0.25) is 0 Å². The molecule has 0 spiro atoms. The van der Waals surface area contributed by atoms with Gasteiger partial charge in [-0.2, -0.15) is 0 Å². The minimum absolute atomic E-state index is 0. The molecule has 0 aromatic heterocycles. The maximum absolute atomic E-state index is 5.12. The fourth-order valence-electron chi connectivity index (χ4n) is 3.47. The fourth-order valence-corrected chi connectivity index (χ4v) is 3.47. The second kappa shape index (κ2) is 14.8. The lowest BCUT2D eigenvalue weighted by atomic mass is 10.1. The second-order valence-corrected chi connectivity index (χ2v) is 7.57. The first-order chi connectivity index (χ1) is 13.6. The maximum Gasteiger partial charge on any atom is 0.191 e. The standard InChI is InChI=1S/C22H39N5O.HI/c1-5-23-22(24-12-9-13-26(3)16-17-28-4)25-19(2)20-10-8-11-21(18-20)27-14-6-7-15-27;/h8,10-11,18-19H,5-7,9,12-17H2,1-4H3,(H2,23,24,25);1H. The van der Waals surface area contributed by atoms with Crippen LogP contribution in [0.1, 0.15) is 44.7 Å². The molecule has 0 amide bonds. The lowest BCUT2D eigenvalue weighted by molar-refractivity contribution is 0.161. The molecule has 1 atom stereocenters. The molecule has 0 radical (unpaired) electrons. The predicted molar refractivity (Wildman–Crippen MR) is 135 cm³/mol. The summed E-state index contributed by atoms with van der Waals surface area (Å²) in [6, 6.07) is 9.12. The molecule has 1 aliphatic rings. The number of benzene rings is 1. The molecule has 0 bridgehead atoms. The van der Waals surface area contributed by atoms with Crippen LogP contribution >= 0.6 is 24.0 Å². The van der Waals surface area contributed by atoms with Crippen LogP contribution in [0.5, 0.6) is 0 Å². The Hall–Kier alpha value is -1.06. The molecule has 0 saturated carbocycles. The Morgan fingerprint density at radius 3 is 2.72 bits per heavy atom. The van der Waals surface area contributed by atoms with E-state index in [1.807, 2.05) is 0 Å². The average Bonchev–Trinajstić information content (AvgIpc) is 3.24. The van der Waals surface area contributed by atoms with Gasteiger partial charge in [0.1, 0.15) is 0 Å². The molecule has 29 heavy (non-hydrogen) atoms. The van der Waals surface area contributed by atoms with Crippen LogP contribution in [0.15, 0.2) is 29.3 Å². The topological polar surface area (TPSA) is 52.1 Å². The molecule has 166 valence electrons. The maximum atomic E-state index is 5.12. The van der Waals surface area contributed by atoms with Gasteiger partial charge in [-0.05, 0) is 64.4 Å². The normalized spacial score (nSPS) is 15.3. The minimum atomic E-state index is 0. The van der Waals surface area contributed by atoms with Crippen LogP contribution in [0.4, 0.5) is 5.69 Å². The molecule has 1 aliphatic heterocycles. The first-order valence-electron chi connectivity index (χ1n) is 10.7. The molecule has 7 heteroatoms. The predicted octanol–water partition coefficient (Wildman–Crippen LogP) is 3.49. The van der Waals surface area contributed by atoms with Gasteiger partial charge in [-0.25, -0.2) is 0 Å². The Kier molecular flexibility index (Phi) is 13.3. The van der Waals surface area contributed by atoms with Crippen LogP contribution in [0.2, 0.25) is 0 Å². The molecule has 6 nitrogen and oxygen atoms in total. The van der Waals surface area contributed by atoms with Crippen molar-refractivity contribution < 1.29 is 4.74 Å². The van der Waals surface area contributed by atoms with Crippen molar-refractivity contribution in [2.24, 2.45) is 4.99 Å². The molecule has 1 saturated heterocycles. The molecular weight excluding hydrogens is 477 g/mol. The number of aliphatic imine (C=N–C) groups is 1. The summed E-state index contributed by atoms with van der Waals surface area (Å²) < 4.78 is 5.12. The lowest BCUT2D eigenvalue weighted by Crippen LogP contribution is -2.39. The molecule has 1 aromatic rings. The molecule has 1 heterocycles. The monoisotopic (exact) mass is 517 g/mol. The zero-order chi connectivity index (χ0) is 20.2. The van der Waals surface area contributed by atoms with Gasteiger partial charge in [-0.15, -0.1) is 24.0 Å². The highest BCUT2D eigenvalue weighted by Crippen LogP contribution is 2.23. The van der Waals surface area contributed by atoms with E-state index in [4.69, 9.17) is 9.73 Å². The number of ether oxygens (including phenoxy) is 1. The molecule has 1 unspecified atom stereocenters. The molecule has 1 aromatic carbocycles. The summed E-state index contributed by atoms with van der Waals surface area (Å²) >= 11 is 0. The van der Waals surface area contributed by atoms with Crippen LogP contribution in [0.25, 0.3) is 0 Å². The third-order valence-corrected chi connectivity index (χ3v) is 5.18. The summed E-state index contributed by atoms with van der Waals surface area (Å²) in [5, 5.41) is 6.93. The third-order valence-electron chi connectivity index (χ3n) is 5.18. The summed E-state index contributed by atoms with van der Waals surface area (Å²) in [5.41, 5.74) is 2.64. The van der Waals surface area contributed by atoms with Crippen molar-refractivity contribution in [2.75, 3.05) is 64.9 Å². The average molecular weight is 518 g/mol. The smallest absolute Gasteiger partial charge is 0.191 e. The SMILES string of the molecule is CCNC(=NCCCN(C)CCOC)NC(C)c1cccc(N2CCCC2)c1.I. The summed E-state index contributed by atoms with van der Waals surface area (Å²) in [6.45, 7) is 11.1. The number of nitrogens with one attached hydrogen (secondary N) is 2. The van der Waals surface area contributed by atoms with Gasteiger partial charge in [-0.1, -0.05) is 12.1 Å². The Balaban J connectivity index is 0.00000420. The van der Waals surface area contributed by atoms with Gasteiger partial charge in [0, 0.05) is 45.5 Å². The van der Waals surface area contributed by atoms with E-state index in [1.54, 1.807) is 7.11 Å². The number of rotatable bonds is 11. The highest BCUT2D eigenvalue weighted by atomic mass is 127. The lowest BCUT2D eigenvalue weighted by Gasteiger charge is -2.22. The van der Waals surface area contributed by atoms with Crippen LogP contribution in [0.3, 0.4) is 0 Å². The number of methoxy groups -OCH3 is 1. The Labute approximate surface area is 194 Å². The number of halogens is 1. The number of likely N-dealkylation sites (N-methyl/N-ethyl adjacent to an activating group) is 1. The summed E-state index contributed by atoms with van der Waals surface area (Å²) in [5.74, 6) is 0.890. The first-order valence-corrected chi connectivity index (χ1v) is 10.7. The van der Waals surface area contributed by atoms with Gasteiger partial charge in [0.05, 0.1) is 12.6 Å². The second-order valence-electron chi connectivity index (χ2n) is 7.57. The van der Waals surface area contributed by atoms with E-state index in [2.05, 4.69) is 65.6 Å². The Bertz CT molecular complexity index is 592. The van der Waals surface area contributed by atoms with Crippen LogP contribution in [0, 0.1) is 0 Å². The Morgan fingerprint density at radius 1 is 1.28 bits per heavy atom. The Morgan fingerprint density at radius 2 is 2.03 bits per heavy atom. The molecule has 2 rings (SSSR count). The molecule has 2 N–H and O–H groups in total. The number of guanidine groups is 1. The highest BCUT2D eigenvalue weighted by Gasteiger charge is 2.14. The summed E-state index contributed by atoms with van der Waals surface area (Å²) in [7, 11) is 3.87. The molecule has 0 aliphatic carbocycles. The zero-order valence-corrected chi connectivity index (χ0v) is 20.9. The van der Waals surface area contributed by atoms with Crippen molar-refractivity contribution in [3.8, 4) is 0 Å². The van der Waals surface area contributed by atoms with E-state index >= 15 is 0 Å². The zero-order valence-electron chi connectivity index (χ0n) is 18.6. The summed E-state index contributed by atoms with van der Waals surface area (Å²) in [4.78, 5) is 9.52. The van der Waals surface area contributed by atoms with Crippen molar-refractivity contribution in [2.45, 2.75) is 39.2 Å². The van der Waals surface area contributed by atoms with Crippen LogP contribution < -0.4 is 15.5 Å². The van der Waals surface area contributed by atoms with E-state index in [0.717, 1.165) is 45.2 Å². The van der Waals surface area contributed by atoms with E-state index in [-0.39, 0.29) is 30.0 Å². The van der Waals surface area contributed by atoms with Crippen molar-refractivity contribution in [1.82, 2.24) is 15.5 Å². The van der Waals surface area contributed by atoms with Crippen molar-refractivity contribution in [3.05, 3.63) is 29.8 Å². The molecule has 1 fully saturated rings. The fraction of sp³-hybridized carbons (Fsp3) is 0.682. The van der Waals surface area contributed by atoms with E-state index in [1.165, 1.54) is 37.2 Å². The van der Waals surface area contributed by atoms with Crippen molar-refractivity contribution in [1.29, 1.82) is 0 Å². The van der Waals surface area contributed by atoms with Gasteiger partial charge < -0.3 is 25.2 Å². The van der Waals surface area contributed by atoms with E-state index in [0.29, 0.717) is 0 Å². The number of hydrogen-bond donors (Lipinski definition) is 2. The largest absolute Gasteiger partial charge is 0.383 e. The van der Waals surface area contributed by atoms with Gasteiger partial charge in [0.25, 0.3) is 0 Å². The number of nitrogens with zero attached hydrogens (tertiary/aromatic N) is 3. The molecular formula is C22H40IN5O. The van der Waals surface area contributed by atoms with E-state index < -0.39 is 0 Å².